The van der Waals surface area contributed by atoms with Crippen molar-refractivity contribution < 1.29 is 14.4 Å². The molecule has 0 radical (unpaired) electrons. The van der Waals surface area contributed by atoms with Crippen LogP contribution in [0.1, 0.15) is 20.3 Å². The van der Waals surface area contributed by atoms with Crippen molar-refractivity contribution in [1.82, 2.24) is 14.7 Å². The molecule has 0 bridgehead atoms. The minimum absolute atomic E-state index is 0.0204. The van der Waals surface area contributed by atoms with Gasteiger partial charge in [-0.1, -0.05) is 12.2 Å². The van der Waals surface area contributed by atoms with E-state index in [9.17, 15) is 14.4 Å². The van der Waals surface area contributed by atoms with E-state index in [1.54, 1.807) is 4.90 Å². The largest absolute Gasteiger partial charge is 0.339 e. The Kier molecular flexibility index (Phi) is 4.69. The van der Waals surface area contributed by atoms with Crippen LogP contribution in [0, 0.1) is 0 Å². The molecule has 1 aliphatic heterocycles. The predicted molar refractivity (Wildman–Crippen MR) is 71.4 cm³/mol. The molecule has 1 atom stereocenters. The van der Waals surface area contributed by atoms with Gasteiger partial charge in [-0.05, 0) is 13.8 Å². The van der Waals surface area contributed by atoms with Gasteiger partial charge in [-0.2, -0.15) is 0 Å². The van der Waals surface area contributed by atoms with E-state index in [-0.39, 0.29) is 24.3 Å². The molecule has 1 aliphatic rings. The van der Waals surface area contributed by atoms with Crippen LogP contribution in [0.2, 0.25) is 0 Å². The zero-order valence-electron chi connectivity index (χ0n) is 12.0. The Bertz CT molecular complexity index is 419. The Balaban J connectivity index is 2.73. The molecule has 4 amide bonds. The standard InChI is InChI=1S/C13H21N3O3/c1-6-16(8-9(2)3)11(17)7-10-12(18)15(5)13(19)14(10)4/h10H,2,6-8H2,1,3-5H3/t10-/m0/s1. The number of hydrogen-bond acceptors (Lipinski definition) is 3. The molecule has 1 saturated heterocycles. The van der Waals surface area contributed by atoms with Gasteiger partial charge >= 0.3 is 6.03 Å². The molecular formula is C13H21N3O3. The van der Waals surface area contributed by atoms with Gasteiger partial charge in [0.15, 0.2) is 0 Å². The first-order valence-electron chi connectivity index (χ1n) is 6.26. The van der Waals surface area contributed by atoms with Crippen LogP contribution in [0.4, 0.5) is 4.79 Å². The van der Waals surface area contributed by atoms with E-state index in [0.29, 0.717) is 13.1 Å². The molecule has 0 aromatic rings. The van der Waals surface area contributed by atoms with Gasteiger partial charge in [0.1, 0.15) is 6.04 Å². The van der Waals surface area contributed by atoms with Crippen LogP contribution in [-0.2, 0) is 9.59 Å². The average Bonchev–Trinajstić information content (AvgIpc) is 2.53. The summed E-state index contributed by atoms with van der Waals surface area (Å²) in [7, 11) is 2.97. The van der Waals surface area contributed by atoms with Gasteiger partial charge < -0.3 is 9.80 Å². The number of urea groups is 1. The van der Waals surface area contributed by atoms with Crippen LogP contribution in [0.3, 0.4) is 0 Å². The Morgan fingerprint density at radius 3 is 2.32 bits per heavy atom. The SMILES string of the molecule is C=C(C)CN(CC)C(=O)C[C@H]1C(=O)N(C)C(=O)N1C. The summed E-state index contributed by atoms with van der Waals surface area (Å²) in [5.74, 6) is -0.467. The average molecular weight is 267 g/mol. The zero-order valence-corrected chi connectivity index (χ0v) is 12.0. The van der Waals surface area contributed by atoms with E-state index in [1.807, 2.05) is 13.8 Å². The lowest BCUT2D eigenvalue weighted by Gasteiger charge is -2.23. The fourth-order valence-electron chi connectivity index (χ4n) is 2.07. The third kappa shape index (κ3) is 3.13. The van der Waals surface area contributed by atoms with Crippen molar-refractivity contribution in [3.8, 4) is 0 Å². The number of nitrogens with zero attached hydrogens (tertiary/aromatic N) is 3. The smallest absolute Gasteiger partial charge is 0.326 e. The predicted octanol–water partition coefficient (Wildman–Crippen LogP) is 0.694. The number of rotatable bonds is 5. The van der Waals surface area contributed by atoms with E-state index < -0.39 is 6.04 Å². The molecule has 0 unspecified atom stereocenters. The number of likely N-dealkylation sites (N-methyl/N-ethyl adjacent to an activating group) is 3. The van der Waals surface area contributed by atoms with Gasteiger partial charge in [0.2, 0.25) is 5.91 Å². The normalized spacial score (nSPS) is 19.1. The lowest BCUT2D eigenvalue weighted by Crippen LogP contribution is -2.40. The molecule has 0 aromatic heterocycles. The van der Waals surface area contributed by atoms with Crippen molar-refractivity contribution in [1.29, 1.82) is 0 Å². The first-order valence-corrected chi connectivity index (χ1v) is 6.26. The first-order chi connectivity index (χ1) is 8.79. The van der Waals surface area contributed by atoms with Crippen molar-refractivity contribution in [3.05, 3.63) is 12.2 Å². The topological polar surface area (TPSA) is 60.9 Å². The monoisotopic (exact) mass is 267 g/mol. The highest BCUT2D eigenvalue weighted by Crippen LogP contribution is 2.17. The van der Waals surface area contributed by atoms with Gasteiger partial charge in [-0.3, -0.25) is 14.5 Å². The minimum Gasteiger partial charge on any atom is -0.339 e. The fraction of sp³-hybridized carbons (Fsp3) is 0.615. The van der Waals surface area contributed by atoms with Gasteiger partial charge in [-0.15, -0.1) is 0 Å². The number of amides is 4. The number of hydrogen-bond donors (Lipinski definition) is 0. The first kappa shape index (κ1) is 15.2. The molecule has 0 spiro atoms. The summed E-state index contributed by atoms with van der Waals surface area (Å²) in [6, 6.07) is -1.06. The second-order valence-electron chi connectivity index (χ2n) is 4.88. The zero-order chi connectivity index (χ0) is 14.7. The molecule has 1 heterocycles. The number of carbonyl (C=O) groups is 3. The summed E-state index contributed by atoms with van der Waals surface area (Å²) in [4.78, 5) is 39.6. The molecule has 0 saturated carbocycles. The van der Waals surface area contributed by atoms with E-state index in [2.05, 4.69) is 6.58 Å². The fourth-order valence-corrected chi connectivity index (χ4v) is 2.07. The van der Waals surface area contributed by atoms with Crippen molar-refractivity contribution >= 4 is 17.8 Å². The van der Waals surface area contributed by atoms with Crippen LogP contribution in [0.25, 0.3) is 0 Å². The molecule has 106 valence electrons. The van der Waals surface area contributed by atoms with Crippen molar-refractivity contribution in [3.63, 3.8) is 0 Å². The van der Waals surface area contributed by atoms with E-state index in [1.165, 1.54) is 19.0 Å². The second-order valence-corrected chi connectivity index (χ2v) is 4.88. The molecule has 1 fully saturated rings. The summed E-state index contributed by atoms with van der Waals surface area (Å²) in [6.45, 7) is 8.53. The highest BCUT2D eigenvalue weighted by atomic mass is 16.2. The Morgan fingerprint density at radius 1 is 1.37 bits per heavy atom. The molecule has 19 heavy (non-hydrogen) atoms. The molecule has 0 N–H and O–H groups in total. The molecule has 0 aliphatic carbocycles. The molecule has 1 rings (SSSR count). The van der Waals surface area contributed by atoms with Gasteiger partial charge in [0, 0.05) is 27.2 Å². The maximum absolute atomic E-state index is 12.1. The van der Waals surface area contributed by atoms with E-state index in [0.717, 1.165) is 10.5 Å². The Hall–Kier alpha value is -1.85. The van der Waals surface area contributed by atoms with Crippen LogP contribution in [-0.4, -0.2) is 65.8 Å². The van der Waals surface area contributed by atoms with Crippen LogP contribution >= 0.6 is 0 Å². The molecule has 6 heteroatoms. The highest BCUT2D eigenvalue weighted by Gasteiger charge is 2.42. The second kappa shape index (κ2) is 5.86. The van der Waals surface area contributed by atoms with Crippen LogP contribution < -0.4 is 0 Å². The van der Waals surface area contributed by atoms with E-state index in [4.69, 9.17) is 0 Å². The Labute approximate surface area is 113 Å². The van der Waals surface area contributed by atoms with Crippen LogP contribution in [0.15, 0.2) is 12.2 Å². The van der Waals surface area contributed by atoms with Crippen LogP contribution in [0.5, 0.6) is 0 Å². The van der Waals surface area contributed by atoms with Gasteiger partial charge in [-0.25, -0.2) is 4.79 Å². The molecular weight excluding hydrogens is 246 g/mol. The quantitative estimate of drug-likeness (QED) is 0.544. The molecule has 6 nitrogen and oxygen atoms in total. The van der Waals surface area contributed by atoms with Gasteiger partial charge in [0.25, 0.3) is 5.91 Å². The lowest BCUT2D eigenvalue weighted by atomic mass is 10.1. The maximum Gasteiger partial charge on any atom is 0.326 e. The van der Waals surface area contributed by atoms with Crippen molar-refractivity contribution in [2.24, 2.45) is 0 Å². The van der Waals surface area contributed by atoms with Gasteiger partial charge in [0.05, 0.1) is 6.42 Å². The third-order valence-corrected chi connectivity index (χ3v) is 3.23. The summed E-state index contributed by atoms with van der Waals surface area (Å²) in [5.41, 5.74) is 0.884. The highest BCUT2D eigenvalue weighted by molar-refractivity contribution is 6.05. The minimum atomic E-state index is -0.691. The van der Waals surface area contributed by atoms with E-state index >= 15 is 0 Å². The molecule has 0 aromatic carbocycles. The van der Waals surface area contributed by atoms with Crippen molar-refractivity contribution in [2.75, 3.05) is 27.2 Å². The lowest BCUT2D eigenvalue weighted by molar-refractivity contribution is -0.136. The summed E-state index contributed by atoms with van der Waals surface area (Å²) >= 11 is 0. The summed E-state index contributed by atoms with van der Waals surface area (Å²) < 4.78 is 0. The number of carbonyl (C=O) groups excluding carboxylic acids is 3. The maximum atomic E-state index is 12.1. The van der Waals surface area contributed by atoms with Crippen molar-refractivity contribution in [2.45, 2.75) is 26.3 Å². The summed E-state index contributed by atoms with van der Waals surface area (Å²) in [6.07, 6.45) is 0.0204. The third-order valence-electron chi connectivity index (χ3n) is 3.23. The Morgan fingerprint density at radius 2 is 1.95 bits per heavy atom. The number of imide groups is 1. The summed E-state index contributed by atoms with van der Waals surface area (Å²) in [5, 5.41) is 0.